The molecular formula is C15H19NO3. The van der Waals surface area contributed by atoms with Crippen LogP contribution in [0.25, 0.3) is 0 Å². The van der Waals surface area contributed by atoms with E-state index in [4.69, 9.17) is 5.11 Å². The average molecular weight is 261 g/mol. The predicted molar refractivity (Wildman–Crippen MR) is 72.2 cm³/mol. The van der Waals surface area contributed by atoms with E-state index in [1.165, 1.54) is 5.56 Å². The number of benzene rings is 1. The molecule has 102 valence electrons. The van der Waals surface area contributed by atoms with Crippen LogP contribution in [-0.2, 0) is 4.79 Å². The van der Waals surface area contributed by atoms with Gasteiger partial charge in [0.1, 0.15) is 0 Å². The minimum atomic E-state index is -0.793. The van der Waals surface area contributed by atoms with Crippen LogP contribution in [0.4, 0.5) is 0 Å². The van der Waals surface area contributed by atoms with E-state index in [2.05, 4.69) is 13.8 Å². The largest absolute Gasteiger partial charge is 0.481 e. The summed E-state index contributed by atoms with van der Waals surface area (Å²) in [4.78, 5) is 24.4. The molecule has 0 bridgehead atoms. The first kappa shape index (κ1) is 13.6. The van der Waals surface area contributed by atoms with Crippen molar-refractivity contribution in [1.29, 1.82) is 0 Å². The third-order valence-electron chi connectivity index (χ3n) is 3.53. The van der Waals surface area contributed by atoms with Crippen molar-refractivity contribution in [3.8, 4) is 0 Å². The molecule has 1 saturated heterocycles. The number of carboxylic acid groups (broad SMARTS) is 1. The number of carboxylic acids is 1. The van der Waals surface area contributed by atoms with Crippen molar-refractivity contribution in [3.63, 3.8) is 0 Å². The lowest BCUT2D eigenvalue weighted by atomic mass is 9.95. The molecule has 1 aromatic carbocycles. The summed E-state index contributed by atoms with van der Waals surface area (Å²) < 4.78 is 0. The highest BCUT2D eigenvalue weighted by atomic mass is 16.4. The van der Waals surface area contributed by atoms with Crippen LogP contribution in [0.2, 0.25) is 0 Å². The number of hydrogen-bond acceptors (Lipinski definition) is 2. The van der Waals surface area contributed by atoms with Gasteiger partial charge in [-0.05, 0) is 23.6 Å². The molecule has 0 spiro atoms. The van der Waals surface area contributed by atoms with Gasteiger partial charge in [-0.2, -0.15) is 0 Å². The van der Waals surface area contributed by atoms with Crippen LogP contribution in [-0.4, -0.2) is 35.0 Å². The Labute approximate surface area is 113 Å². The van der Waals surface area contributed by atoms with E-state index in [9.17, 15) is 9.59 Å². The zero-order valence-electron chi connectivity index (χ0n) is 11.3. The zero-order valence-corrected chi connectivity index (χ0v) is 11.3. The summed E-state index contributed by atoms with van der Waals surface area (Å²) in [7, 11) is 0. The fourth-order valence-electron chi connectivity index (χ4n) is 2.30. The van der Waals surface area contributed by atoms with Gasteiger partial charge in [0.2, 0.25) is 0 Å². The summed E-state index contributed by atoms with van der Waals surface area (Å²) in [6.45, 7) is 5.33. The third kappa shape index (κ3) is 3.13. The molecule has 1 amide bonds. The van der Waals surface area contributed by atoms with Gasteiger partial charge in [-0.25, -0.2) is 0 Å². The van der Waals surface area contributed by atoms with Crippen LogP contribution in [0.1, 0.15) is 42.1 Å². The summed E-state index contributed by atoms with van der Waals surface area (Å²) >= 11 is 0. The lowest BCUT2D eigenvalue weighted by Gasteiger charge is -2.38. The fraction of sp³-hybridized carbons (Fsp3) is 0.467. The predicted octanol–water partition coefficient (Wildman–Crippen LogP) is 2.36. The van der Waals surface area contributed by atoms with Gasteiger partial charge in [-0.3, -0.25) is 9.59 Å². The highest BCUT2D eigenvalue weighted by Crippen LogP contribution is 2.22. The summed E-state index contributed by atoms with van der Waals surface area (Å²) in [5.74, 6) is -0.236. The van der Waals surface area contributed by atoms with E-state index >= 15 is 0 Å². The Hall–Kier alpha value is -1.84. The van der Waals surface area contributed by atoms with Gasteiger partial charge < -0.3 is 10.0 Å². The Balaban J connectivity index is 1.93. The van der Waals surface area contributed by atoms with Gasteiger partial charge >= 0.3 is 5.97 Å². The van der Waals surface area contributed by atoms with Crippen molar-refractivity contribution in [1.82, 2.24) is 4.90 Å². The molecule has 4 nitrogen and oxygen atoms in total. The van der Waals surface area contributed by atoms with Crippen molar-refractivity contribution in [3.05, 3.63) is 35.4 Å². The molecule has 1 aliphatic rings. The SMILES string of the molecule is CC(C)c1ccc(C(=O)N2CC(CC(=O)O)C2)cc1. The maximum absolute atomic E-state index is 12.1. The normalized spacial score (nSPS) is 15.4. The second kappa shape index (κ2) is 5.43. The molecule has 0 aliphatic carbocycles. The van der Waals surface area contributed by atoms with Crippen molar-refractivity contribution >= 4 is 11.9 Å². The number of likely N-dealkylation sites (tertiary alicyclic amines) is 1. The fourth-order valence-corrected chi connectivity index (χ4v) is 2.30. The van der Waals surface area contributed by atoms with Crippen molar-refractivity contribution in [2.45, 2.75) is 26.2 Å². The molecule has 4 heteroatoms. The number of carbonyl (C=O) groups is 2. The molecule has 0 saturated carbocycles. The van der Waals surface area contributed by atoms with Gasteiger partial charge in [0.25, 0.3) is 5.91 Å². The zero-order chi connectivity index (χ0) is 14.0. The Morgan fingerprint density at radius 2 is 1.84 bits per heavy atom. The van der Waals surface area contributed by atoms with Gasteiger partial charge in [0.05, 0.1) is 6.42 Å². The summed E-state index contributed by atoms with van der Waals surface area (Å²) in [5.41, 5.74) is 1.89. The molecule has 0 radical (unpaired) electrons. The van der Waals surface area contributed by atoms with E-state index in [0.29, 0.717) is 24.6 Å². The molecule has 1 fully saturated rings. The minimum Gasteiger partial charge on any atom is -0.481 e. The van der Waals surface area contributed by atoms with Crippen LogP contribution in [0.15, 0.2) is 24.3 Å². The molecule has 1 aliphatic heterocycles. The third-order valence-corrected chi connectivity index (χ3v) is 3.53. The first-order valence-corrected chi connectivity index (χ1v) is 6.58. The topological polar surface area (TPSA) is 57.6 Å². The molecule has 0 atom stereocenters. The highest BCUT2D eigenvalue weighted by Gasteiger charge is 2.32. The smallest absolute Gasteiger partial charge is 0.303 e. The molecule has 0 aromatic heterocycles. The molecule has 1 aromatic rings. The van der Waals surface area contributed by atoms with Crippen molar-refractivity contribution in [2.75, 3.05) is 13.1 Å². The highest BCUT2D eigenvalue weighted by molar-refractivity contribution is 5.94. The minimum absolute atomic E-state index is 0.00283. The van der Waals surface area contributed by atoms with E-state index in [0.717, 1.165) is 0 Å². The van der Waals surface area contributed by atoms with Gasteiger partial charge in [-0.1, -0.05) is 26.0 Å². The quantitative estimate of drug-likeness (QED) is 0.905. The summed E-state index contributed by atoms with van der Waals surface area (Å²) in [6.07, 6.45) is 0.149. The van der Waals surface area contributed by atoms with E-state index in [1.807, 2.05) is 24.3 Å². The molecule has 1 N–H and O–H groups in total. The van der Waals surface area contributed by atoms with Gasteiger partial charge in [0, 0.05) is 24.6 Å². The second-order valence-electron chi connectivity index (χ2n) is 5.45. The number of carbonyl (C=O) groups excluding carboxylic acids is 1. The average Bonchev–Trinajstić information content (AvgIpc) is 2.32. The Kier molecular flexibility index (Phi) is 3.88. The number of aliphatic carboxylic acids is 1. The van der Waals surface area contributed by atoms with Crippen LogP contribution in [0.5, 0.6) is 0 Å². The standard InChI is InChI=1S/C15H19NO3/c1-10(2)12-3-5-13(6-4-12)15(19)16-8-11(9-16)7-14(17)18/h3-6,10-11H,7-9H2,1-2H3,(H,17,18). The van der Waals surface area contributed by atoms with E-state index < -0.39 is 5.97 Å². The maximum atomic E-state index is 12.1. The van der Waals surface area contributed by atoms with Crippen LogP contribution in [0.3, 0.4) is 0 Å². The van der Waals surface area contributed by atoms with Crippen molar-refractivity contribution < 1.29 is 14.7 Å². The molecule has 2 rings (SSSR count). The number of nitrogens with zero attached hydrogens (tertiary/aromatic N) is 1. The second-order valence-corrected chi connectivity index (χ2v) is 5.45. The number of amides is 1. The van der Waals surface area contributed by atoms with Gasteiger partial charge in [0.15, 0.2) is 0 Å². The molecule has 19 heavy (non-hydrogen) atoms. The lowest BCUT2D eigenvalue weighted by Crippen LogP contribution is -2.50. The molecular weight excluding hydrogens is 242 g/mol. The monoisotopic (exact) mass is 261 g/mol. The molecule has 1 heterocycles. The van der Waals surface area contributed by atoms with Gasteiger partial charge in [-0.15, -0.1) is 0 Å². The summed E-state index contributed by atoms with van der Waals surface area (Å²) in [6, 6.07) is 7.66. The Morgan fingerprint density at radius 3 is 2.32 bits per heavy atom. The van der Waals surface area contributed by atoms with E-state index in [-0.39, 0.29) is 18.2 Å². The van der Waals surface area contributed by atoms with Crippen LogP contribution >= 0.6 is 0 Å². The van der Waals surface area contributed by atoms with Crippen LogP contribution in [0, 0.1) is 5.92 Å². The van der Waals surface area contributed by atoms with Crippen molar-refractivity contribution in [2.24, 2.45) is 5.92 Å². The van der Waals surface area contributed by atoms with E-state index in [1.54, 1.807) is 4.90 Å². The first-order valence-electron chi connectivity index (χ1n) is 6.58. The lowest BCUT2D eigenvalue weighted by molar-refractivity contribution is -0.139. The first-order chi connectivity index (χ1) is 8.97. The Bertz CT molecular complexity index is 473. The summed E-state index contributed by atoms with van der Waals surface area (Å²) in [5, 5.41) is 8.67. The number of hydrogen-bond donors (Lipinski definition) is 1. The molecule has 0 unspecified atom stereocenters. The Morgan fingerprint density at radius 1 is 1.26 bits per heavy atom. The van der Waals surface area contributed by atoms with Crippen LogP contribution < -0.4 is 0 Å². The number of rotatable bonds is 4. The maximum Gasteiger partial charge on any atom is 0.303 e.